The second kappa shape index (κ2) is 13.4. The predicted octanol–water partition coefficient (Wildman–Crippen LogP) is 6.07. The van der Waals surface area contributed by atoms with Crippen molar-refractivity contribution in [3.8, 4) is 0 Å². The number of unbranched alkanes of at least 4 members (excludes halogenated alkanes) is 1. The molecule has 0 aliphatic carbocycles. The third-order valence-corrected chi connectivity index (χ3v) is 6.26. The largest absolute Gasteiger partial charge is 0.354 e. The molecule has 0 radical (unpaired) electrons. The lowest BCUT2D eigenvalue weighted by atomic mass is 9.88. The van der Waals surface area contributed by atoms with E-state index in [0.29, 0.717) is 13.0 Å². The molecule has 4 nitrogen and oxygen atoms in total. The van der Waals surface area contributed by atoms with Gasteiger partial charge in [-0.15, -0.1) is 0 Å². The summed E-state index contributed by atoms with van der Waals surface area (Å²) in [4.78, 5) is 28.6. The fourth-order valence-electron chi connectivity index (χ4n) is 4.30. The lowest BCUT2D eigenvalue weighted by Crippen LogP contribution is -2.49. The minimum Gasteiger partial charge on any atom is -0.354 e. The summed E-state index contributed by atoms with van der Waals surface area (Å²) in [6.07, 6.45) is 2.59. The molecular formula is C30H35FN2O2. The first-order valence-corrected chi connectivity index (χ1v) is 12.4. The molecule has 1 atom stereocenters. The maximum atomic E-state index is 13.9. The number of nitrogens with zero attached hydrogens (tertiary/aromatic N) is 1. The molecule has 3 rings (SSSR count). The van der Waals surface area contributed by atoms with Crippen LogP contribution in [-0.2, 0) is 16.1 Å². The maximum absolute atomic E-state index is 13.9. The number of rotatable bonds is 12. The number of hydrogen-bond donors (Lipinski definition) is 1. The van der Waals surface area contributed by atoms with Gasteiger partial charge in [0.2, 0.25) is 11.8 Å². The van der Waals surface area contributed by atoms with E-state index in [9.17, 15) is 14.0 Å². The van der Waals surface area contributed by atoms with Gasteiger partial charge in [-0.2, -0.15) is 0 Å². The van der Waals surface area contributed by atoms with Gasteiger partial charge < -0.3 is 10.2 Å². The molecule has 0 unspecified atom stereocenters. The monoisotopic (exact) mass is 474 g/mol. The standard InChI is InChI=1S/C30H35FN2O2/c1-3-5-20-32-30(35)28(4-2)33(22-23-16-18-26(31)19-17-23)29(34)21-27(24-12-8-6-9-13-24)25-14-10-7-11-15-25/h6-19,27-28H,3-5,20-22H2,1-2H3,(H,32,35)/t28-/m0/s1. The van der Waals surface area contributed by atoms with Crippen LogP contribution in [0, 0.1) is 5.82 Å². The second-order valence-electron chi connectivity index (χ2n) is 8.79. The van der Waals surface area contributed by atoms with Crippen molar-refractivity contribution in [1.82, 2.24) is 10.2 Å². The van der Waals surface area contributed by atoms with E-state index in [1.54, 1.807) is 17.0 Å². The lowest BCUT2D eigenvalue weighted by Gasteiger charge is -2.32. The number of amides is 2. The van der Waals surface area contributed by atoms with Crippen LogP contribution < -0.4 is 5.32 Å². The van der Waals surface area contributed by atoms with Crippen LogP contribution in [0.25, 0.3) is 0 Å². The molecule has 0 saturated heterocycles. The van der Waals surface area contributed by atoms with Crippen LogP contribution in [0.2, 0.25) is 0 Å². The first-order chi connectivity index (χ1) is 17.0. The molecule has 3 aromatic carbocycles. The molecule has 0 heterocycles. The summed E-state index contributed by atoms with van der Waals surface area (Å²) in [5.41, 5.74) is 2.89. The third kappa shape index (κ3) is 7.51. The zero-order chi connectivity index (χ0) is 25.0. The first-order valence-electron chi connectivity index (χ1n) is 12.4. The highest BCUT2D eigenvalue weighted by atomic mass is 19.1. The minimum atomic E-state index is -0.600. The Kier molecular flexibility index (Phi) is 10.0. The molecule has 5 heteroatoms. The molecule has 0 aromatic heterocycles. The summed E-state index contributed by atoms with van der Waals surface area (Å²) in [5.74, 6) is -0.720. The van der Waals surface area contributed by atoms with Gasteiger partial charge in [0, 0.05) is 25.4 Å². The average Bonchev–Trinajstić information content (AvgIpc) is 2.89. The molecule has 0 aliphatic heterocycles. The molecule has 35 heavy (non-hydrogen) atoms. The molecule has 1 N–H and O–H groups in total. The van der Waals surface area contributed by atoms with Crippen molar-refractivity contribution in [1.29, 1.82) is 0 Å². The number of nitrogens with one attached hydrogen (secondary N) is 1. The fourth-order valence-corrected chi connectivity index (χ4v) is 4.30. The number of halogens is 1. The molecule has 0 bridgehead atoms. The summed E-state index contributed by atoms with van der Waals surface area (Å²) >= 11 is 0. The minimum absolute atomic E-state index is 0.107. The quantitative estimate of drug-likeness (QED) is 0.324. The zero-order valence-electron chi connectivity index (χ0n) is 20.6. The Balaban J connectivity index is 1.91. The Labute approximate surface area is 208 Å². The third-order valence-electron chi connectivity index (χ3n) is 6.26. The van der Waals surface area contributed by atoms with Gasteiger partial charge in [-0.05, 0) is 41.7 Å². The fraction of sp³-hybridized carbons (Fsp3) is 0.333. The highest BCUT2D eigenvalue weighted by Crippen LogP contribution is 2.29. The molecule has 0 aliphatic rings. The maximum Gasteiger partial charge on any atom is 0.242 e. The molecule has 184 valence electrons. The van der Waals surface area contributed by atoms with Crippen LogP contribution in [0.4, 0.5) is 4.39 Å². The van der Waals surface area contributed by atoms with Crippen molar-refractivity contribution in [3.63, 3.8) is 0 Å². The van der Waals surface area contributed by atoms with Crippen LogP contribution in [-0.4, -0.2) is 29.3 Å². The van der Waals surface area contributed by atoms with E-state index in [-0.39, 0.29) is 36.5 Å². The summed E-state index contributed by atoms with van der Waals surface area (Å²) in [7, 11) is 0. The van der Waals surface area contributed by atoms with Gasteiger partial charge in [0.05, 0.1) is 0 Å². The predicted molar refractivity (Wildman–Crippen MR) is 138 cm³/mol. The van der Waals surface area contributed by atoms with Crippen molar-refractivity contribution >= 4 is 11.8 Å². The van der Waals surface area contributed by atoms with E-state index in [1.807, 2.05) is 67.6 Å². The van der Waals surface area contributed by atoms with Gasteiger partial charge in [0.1, 0.15) is 11.9 Å². The smallest absolute Gasteiger partial charge is 0.242 e. The number of hydrogen-bond acceptors (Lipinski definition) is 2. The number of carbonyl (C=O) groups excluding carboxylic acids is 2. The van der Waals surface area contributed by atoms with E-state index < -0.39 is 6.04 Å². The van der Waals surface area contributed by atoms with E-state index in [4.69, 9.17) is 0 Å². The topological polar surface area (TPSA) is 49.4 Å². The van der Waals surface area contributed by atoms with Gasteiger partial charge in [0.25, 0.3) is 0 Å². The molecule has 2 amide bonds. The van der Waals surface area contributed by atoms with E-state index in [2.05, 4.69) is 12.2 Å². The summed E-state index contributed by atoms with van der Waals surface area (Å²) < 4.78 is 13.5. The van der Waals surface area contributed by atoms with Crippen LogP contribution in [0.1, 0.15) is 62.1 Å². The summed E-state index contributed by atoms with van der Waals surface area (Å²) in [6, 6.07) is 25.5. The van der Waals surface area contributed by atoms with Crippen molar-refractivity contribution < 1.29 is 14.0 Å². The zero-order valence-corrected chi connectivity index (χ0v) is 20.6. The van der Waals surface area contributed by atoms with Crippen LogP contribution in [0.5, 0.6) is 0 Å². The molecule has 3 aromatic rings. The molecular weight excluding hydrogens is 439 g/mol. The van der Waals surface area contributed by atoms with E-state index in [0.717, 1.165) is 29.5 Å². The van der Waals surface area contributed by atoms with Crippen molar-refractivity contribution in [2.45, 2.75) is 58.0 Å². The van der Waals surface area contributed by atoms with Crippen molar-refractivity contribution in [3.05, 3.63) is 107 Å². The van der Waals surface area contributed by atoms with Crippen LogP contribution >= 0.6 is 0 Å². The Morgan fingerprint density at radius 1 is 0.857 bits per heavy atom. The first kappa shape index (κ1) is 26.1. The van der Waals surface area contributed by atoms with Crippen molar-refractivity contribution in [2.75, 3.05) is 6.54 Å². The molecule has 0 fully saturated rings. The normalized spacial score (nSPS) is 11.8. The Morgan fingerprint density at radius 3 is 1.94 bits per heavy atom. The van der Waals surface area contributed by atoms with Gasteiger partial charge >= 0.3 is 0 Å². The summed E-state index contributed by atoms with van der Waals surface area (Å²) in [6.45, 7) is 4.82. The van der Waals surface area contributed by atoms with Crippen LogP contribution in [0.15, 0.2) is 84.9 Å². The highest BCUT2D eigenvalue weighted by Gasteiger charge is 2.30. The Hall–Kier alpha value is -3.47. The van der Waals surface area contributed by atoms with Gasteiger partial charge in [-0.3, -0.25) is 9.59 Å². The number of carbonyl (C=O) groups is 2. The van der Waals surface area contributed by atoms with Gasteiger partial charge in [-0.25, -0.2) is 4.39 Å². The van der Waals surface area contributed by atoms with Crippen LogP contribution in [0.3, 0.4) is 0 Å². The summed E-state index contributed by atoms with van der Waals surface area (Å²) in [5, 5.41) is 2.99. The Bertz CT molecular complexity index is 1020. The van der Waals surface area contributed by atoms with Gasteiger partial charge in [0.15, 0.2) is 0 Å². The SMILES string of the molecule is CCCCNC(=O)[C@H](CC)N(Cc1ccc(F)cc1)C(=O)CC(c1ccccc1)c1ccccc1. The highest BCUT2D eigenvalue weighted by molar-refractivity contribution is 5.88. The number of benzene rings is 3. The lowest BCUT2D eigenvalue weighted by molar-refractivity contribution is -0.141. The van der Waals surface area contributed by atoms with Gasteiger partial charge in [-0.1, -0.05) is 93.1 Å². The van der Waals surface area contributed by atoms with Crippen molar-refractivity contribution in [2.24, 2.45) is 0 Å². The molecule has 0 saturated carbocycles. The van der Waals surface area contributed by atoms with E-state index >= 15 is 0 Å². The van der Waals surface area contributed by atoms with E-state index in [1.165, 1.54) is 12.1 Å². The molecule has 0 spiro atoms. The second-order valence-corrected chi connectivity index (χ2v) is 8.79. The Morgan fingerprint density at radius 2 is 1.43 bits per heavy atom. The average molecular weight is 475 g/mol.